The Labute approximate surface area is 147 Å². The summed E-state index contributed by atoms with van der Waals surface area (Å²) < 4.78 is 0. The van der Waals surface area contributed by atoms with E-state index >= 15 is 0 Å². The zero-order chi connectivity index (χ0) is 16.2. The van der Waals surface area contributed by atoms with Gasteiger partial charge in [0.2, 0.25) is 0 Å². The lowest BCUT2D eigenvalue weighted by Gasteiger charge is -2.32. The number of nitrogens with zero attached hydrogens (tertiary/aromatic N) is 2. The Morgan fingerprint density at radius 3 is 2.46 bits per heavy atom. The average molecular weight is 348 g/mol. The molecule has 2 aromatic rings. The molecule has 1 aliphatic heterocycles. The predicted octanol–water partition coefficient (Wildman–Crippen LogP) is 3.16. The first-order chi connectivity index (χ1) is 11.1. The van der Waals surface area contributed by atoms with Crippen molar-refractivity contribution in [3.05, 3.63) is 59.3 Å². The fourth-order valence-corrected chi connectivity index (χ4v) is 3.19. The highest BCUT2D eigenvalue weighted by Gasteiger charge is 2.25. The molecule has 0 spiro atoms. The SMILES string of the molecule is Cl.Nc1ccc(C(=O)O)c(C2CCN(Cc3ccccc3)CC2)n1. The number of rotatable bonds is 4. The van der Waals surface area contributed by atoms with Gasteiger partial charge in [-0.3, -0.25) is 4.90 Å². The minimum atomic E-state index is -0.931. The molecule has 1 aromatic heterocycles. The number of nitrogen functional groups attached to an aromatic ring is 1. The maximum Gasteiger partial charge on any atom is 0.337 e. The fraction of sp³-hybridized carbons (Fsp3) is 0.333. The average Bonchev–Trinajstić information content (AvgIpc) is 2.56. The molecule has 6 heteroatoms. The molecule has 0 bridgehead atoms. The summed E-state index contributed by atoms with van der Waals surface area (Å²) in [6.45, 7) is 2.81. The predicted molar refractivity (Wildman–Crippen MR) is 96.6 cm³/mol. The van der Waals surface area contributed by atoms with E-state index in [4.69, 9.17) is 5.73 Å². The van der Waals surface area contributed by atoms with Gasteiger partial charge in [0.15, 0.2) is 0 Å². The highest BCUT2D eigenvalue weighted by Crippen LogP contribution is 2.30. The summed E-state index contributed by atoms with van der Waals surface area (Å²) in [6, 6.07) is 13.5. The standard InChI is InChI=1S/C18H21N3O2.ClH/c19-16-7-6-15(18(22)23)17(20-16)14-8-10-21(11-9-14)12-13-4-2-1-3-5-13;/h1-7,14H,8-12H2,(H2,19,20)(H,22,23);1H. The molecule has 3 rings (SSSR count). The second-order valence-electron chi connectivity index (χ2n) is 6.01. The zero-order valence-electron chi connectivity index (χ0n) is 13.4. The van der Waals surface area contributed by atoms with Crippen molar-refractivity contribution >= 4 is 24.2 Å². The molecule has 5 nitrogen and oxygen atoms in total. The van der Waals surface area contributed by atoms with E-state index in [2.05, 4.69) is 34.1 Å². The number of benzene rings is 1. The summed E-state index contributed by atoms with van der Waals surface area (Å²) in [5.74, 6) is -0.382. The monoisotopic (exact) mass is 347 g/mol. The van der Waals surface area contributed by atoms with Crippen LogP contribution in [-0.2, 0) is 6.54 Å². The lowest BCUT2D eigenvalue weighted by Crippen LogP contribution is -2.33. The van der Waals surface area contributed by atoms with Crippen LogP contribution < -0.4 is 5.73 Å². The van der Waals surface area contributed by atoms with Crippen LogP contribution in [0.3, 0.4) is 0 Å². The molecule has 1 aromatic carbocycles. The smallest absolute Gasteiger partial charge is 0.337 e. The van der Waals surface area contributed by atoms with Gasteiger partial charge in [0.25, 0.3) is 0 Å². The van der Waals surface area contributed by atoms with Gasteiger partial charge in [-0.25, -0.2) is 9.78 Å². The number of halogens is 1. The minimum absolute atomic E-state index is 0. The molecule has 3 N–H and O–H groups in total. The Hall–Kier alpha value is -2.11. The summed E-state index contributed by atoms with van der Waals surface area (Å²) in [5, 5.41) is 9.34. The molecule has 0 amide bonds. The molecule has 1 fully saturated rings. The van der Waals surface area contributed by atoms with Crippen LogP contribution in [0.4, 0.5) is 5.82 Å². The number of carboxylic acid groups (broad SMARTS) is 1. The number of nitrogens with two attached hydrogens (primary N) is 1. The highest BCUT2D eigenvalue weighted by molar-refractivity contribution is 5.89. The van der Waals surface area contributed by atoms with Gasteiger partial charge in [0.1, 0.15) is 5.82 Å². The van der Waals surface area contributed by atoms with Gasteiger partial charge < -0.3 is 10.8 Å². The van der Waals surface area contributed by atoms with Gasteiger partial charge >= 0.3 is 5.97 Å². The van der Waals surface area contributed by atoms with Crippen LogP contribution in [-0.4, -0.2) is 34.0 Å². The molecule has 0 aliphatic carbocycles. The van der Waals surface area contributed by atoms with Crippen LogP contribution in [0.15, 0.2) is 42.5 Å². The highest BCUT2D eigenvalue weighted by atomic mass is 35.5. The number of carbonyl (C=O) groups is 1. The third-order valence-electron chi connectivity index (χ3n) is 4.40. The van der Waals surface area contributed by atoms with Crippen LogP contribution in [0.1, 0.15) is 40.4 Å². The second-order valence-corrected chi connectivity index (χ2v) is 6.01. The maximum absolute atomic E-state index is 11.4. The van der Waals surface area contributed by atoms with Crippen molar-refractivity contribution in [1.82, 2.24) is 9.88 Å². The van der Waals surface area contributed by atoms with Crippen LogP contribution in [0, 0.1) is 0 Å². The third-order valence-corrected chi connectivity index (χ3v) is 4.40. The van der Waals surface area contributed by atoms with Crippen molar-refractivity contribution in [1.29, 1.82) is 0 Å². The number of carboxylic acids is 1. The summed E-state index contributed by atoms with van der Waals surface area (Å²) in [5.41, 5.74) is 7.97. The summed E-state index contributed by atoms with van der Waals surface area (Å²) in [6.07, 6.45) is 1.81. The first kappa shape index (κ1) is 18.2. The van der Waals surface area contributed by atoms with E-state index in [0.717, 1.165) is 32.5 Å². The van der Waals surface area contributed by atoms with Crippen LogP contribution in [0.25, 0.3) is 0 Å². The molecule has 1 aliphatic rings. The molecule has 0 unspecified atom stereocenters. The van der Waals surface area contributed by atoms with E-state index in [-0.39, 0.29) is 23.9 Å². The van der Waals surface area contributed by atoms with Gasteiger partial charge in [0, 0.05) is 12.5 Å². The topological polar surface area (TPSA) is 79.5 Å². The van der Waals surface area contributed by atoms with Crippen molar-refractivity contribution in [2.45, 2.75) is 25.3 Å². The van der Waals surface area contributed by atoms with E-state index in [1.165, 1.54) is 5.56 Å². The molecule has 0 atom stereocenters. The van der Waals surface area contributed by atoms with E-state index in [1.54, 1.807) is 12.1 Å². The number of anilines is 1. The number of likely N-dealkylation sites (tertiary alicyclic amines) is 1. The lowest BCUT2D eigenvalue weighted by molar-refractivity contribution is 0.0693. The summed E-state index contributed by atoms with van der Waals surface area (Å²) >= 11 is 0. The third kappa shape index (κ3) is 4.24. The van der Waals surface area contributed by atoms with Crippen LogP contribution >= 0.6 is 12.4 Å². The van der Waals surface area contributed by atoms with Gasteiger partial charge in [-0.15, -0.1) is 12.4 Å². The summed E-state index contributed by atoms with van der Waals surface area (Å²) in [4.78, 5) is 18.1. The van der Waals surface area contributed by atoms with E-state index in [1.807, 2.05) is 6.07 Å². The quantitative estimate of drug-likeness (QED) is 0.888. The number of pyridine rings is 1. The molecule has 24 heavy (non-hydrogen) atoms. The maximum atomic E-state index is 11.4. The zero-order valence-corrected chi connectivity index (χ0v) is 14.2. The van der Waals surface area contributed by atoms with Crippen LogP contribution in [0.2, 0.25) is 0 Å². The first-order valence-corrected chi connectivity index (χ1v) is 7.89. The van der Waals surface area contributed by atoms with Crippen molar-refractivity contribution < 1.29 is 9.90 Å². The second kappa shape index (κ2) is 8.13. The van der Waals surface area contributed by atoms with Crippen molar-refractivity contribution in [3.8, 4) is 0 Å². The van der Waals surface area contributed by atoms with E-state index in [9.17, 15) is 9.90 Å². The number of aromatic nitrogens is 1. The normalized spacial score (nSPS) is 15.7. The van der Waals surface area contributed by atoms with Gasteiger partial charge in [0.05, 0.1) is 11.3 Å². The fourth-order valence-electron chi connectivity index (χ4n) is 3.19. The number of piperidine rings is 1. The molecule has 0 radical (unpaired) electrons. The molecular formula is C18H22ClN3O2. The molecule has 1 saturated heterocycles. The van der Waals surface area contributed by atoms with Crippen LogP contribution in [0.5, 0.6) is 0 Å². The molecular weight excluding hydrogens is 326 g/mol. The molecule has 2 heterocycles. The largest absolute Gasteiger partial charge is 0.478 e. The van der Waals surface area contributed by atoms with Crippen molar-refractivity contribution in [3.63, 3.8) is 0 Å². The Kier molecular flexibility index (Phi) is 6.17. The van der Waals surface area contributed by atoms with E-state index in [0.29, 0.717) is 11.5 Å². The minimum Gasteiger partial charge on any atom is -0.478 e. The van der Waals surface area contributed by atoms with Crippen molar-refractivity contribution in [2.24, 2.45) is 0 Å². The van der Waals surface area contributed by atoms with Gasteiger partial charge in [-0.2, -0.15) is 0 Å². The molecule has 128 valence electrons. The number of aromatic carboxylic acids is 1. The number of hydrogen-bond donors (Lipinski definition) is 2. The molecule has 0 saturated carbocycles. The van der Waals surface area contributed by atoms with Crippen molar-refractivity contribution in [2.75, 3.05) is 18.8 Å². The van der Waals surface area contributed by atoms with E-state index < -0.39 is 5.97 Å². The number of hydrogen-bond acceptors (Lipinski definition) is 4. The Morgan fingerprint density at radius 2 is 1.83 bits per heavy atom. The Morgan fingerprint density at radius 1 is 1.17 bits per heavy atom. The summed E-state index contributed by atoms with van der Waals surface area (Å²) in [7, 11) is 0. The lowest BCUT2D eigenvalue weighted by atomic mass is 9.90. The van der Waals surface area contributed by atoms with Gasteiger partial charge in [-0.05, 0) is 43.6 Å². The Bertz CT molecular complexity index is 686. The Balaban J connectivity index is 0.00000208. The van der Waals surface area contributed by atoms with Gasteiger partial charge in [-0.1, -0.05) is 30.3 Å². The first-order valence-electron chi connectivity index (χ1n) is 7.89.